The van der Waals surface area contributed by atoms with E-state index in [1.165, 1.54) is 0 Å². The van der Waals surface area contributed by atoms with Gasteiger partial charge in [0.25, 0.3) is 0 Å². The molecule has 0 heterocycles. The van der Waals surface area contributed by atoms with E-state index in [0.29, 0.717) is 0 Å². The third-order valence-electron chi connectivity index (χ3n) is 3.62. The Morgan fingerprint density at radius 2 is 1.82 bits per heavy atom. The fraction of sp³-hybridized carbons (Fsp3) is 0.357. The molecule has 1 aromatic carbocycles. The highest BCUT2D eigenvalue weighted by molar-refractivity contribution is 5.92. The van der Waals surface area contributed by atoms with Crippen LogP contribution in [0.15, 0.2) is 30.3 Å². The molecule has 0 aromatic heterocycles. The van der Waals surface area contributed by atoms with E-state index in [-0.39, 0.29) is 6.61 Å². The fourth-order valence-corrected chi connectivity index (χ4v) is 2.43. The van der Waals surface area contributed by atoms with Crippen molar-refractivity contribution in [3.8, 4) is 0 Å². The Morgan fingerprint density at radius 3 is 2.36 bits per heavy atom. The molecule has 1 fully saturated rings. The highest BCUT2D eigenvalue weighted by atomic mass is 16.6. The van der Waals surface area contributed by atoms with Gasteiger partial charge < -0.3 is 15.9 Å². The Bertz CT molecular complexity index is 576. The Morgan fingerprint density at radius 1 is 1.18 bits per heavy atom. The van der Waals surface area contributed by atoms with Gasteiger partial charge in [-0.2, -0.15) is 0 Å². The molecule has 118 valence electrons. The van der Waals surface area contributed by atoms with E-state index in [1.807, 2.05) is 18.2 Å². The van der Waals surface area contributed by atoms with Crippen LogP contribution in [0.4, 0.5) is 0 Å². The molecule has 0 aliphatic heterocycles. The normalized spacial score (nSPS) is 24.3. The number of carbonyl (C=O) groups excluding carboxylic acids is 1. The maximum atomic E-state index is 11.9. The number of hydroxylamine groups is 1. The van der Waals surface area contributed by atoms with Crippen LogP contribution in [0, 0.1) is 17.8 Å². The van der Waals surface area contributed by atoms with E-state index >= 15 is 0 Å². The molecule has 1 aliphatic rings. The maximum absolute atomic E-state index is 11.9. The molecule has 0 radical (unpaired) electrons. The van der Waals surface area contributed by atoms with Crippen LogP contribution in [0.1, 0.15) is 5.56 Å². The minimum Gasteiger partial charge on any atom is -0.481 e. The van der Waals surface area contributed by atoms with E-state index in [4.69, 9.17) is 20.8 Å². The van der Waals surface area contributed by atoms with E-state index < -0.39 is 41.6 Å². The molecule has 22 heavy (non-hydrogen) atoms. The SMILES string of the molecule is N[C@H](C(=O)O)[C@@H]1[C@@H](C(=O)O)[C@@H]1C(=O)NOCc1ccccc1. The predicted octanol–water partition coefficient (Wildman–Crippen LogP) is -0.407. The van der Waals surface area contributed by atoms with Crippen molar-refractivity contribution in [2.24, 2.45) is 23.5 Å². The molecule has 0 unspecified atom stereocenters. The Balaban J connectivity index is 1.88. The van der Waals surface area contributed by atoms with E-state index in [2.05, 4.69) is 5.48 Å². The maximum Gasteiger partial charge on any atom is 0.320 e. The highest BCUT2D eigenvalue weighted by Gasteiger charge is 2.63. The molecule has 1 saturated carbocycles. The summed E-state index contributed by atoms with van der Waals surface area (Å²) in [6, 6.07) is 7.65. The van der Waals surface area contributed by atoms with Gasteiger partial charge in [0.1, 0.15) is 6.04 Å². The average Bonchev–Trinajstić information content (AvgIpc) is 3.23. The summed E-state index contributed by atoms with van der Waals surface area (Å²) in [6.07, 6.45) is 0. The van der Waals surface area contributed by atoms with Crippen molar-refractivity contribution in [1.82, 2.24) is 5.48 Å². The lowest BCUT2D eigenvalue weighted by Crippen LogP contribution is -2.35. The van der Waals surface area contributed by atoms with Gasteiger partial charge in [-0.15, -0.1) is 0 Å². The number of nitrogens with two attached hydrogens (primary N) is 1. The van der Waals surface area contributed by atoms with Crippen molar-refractivity contribution >= 4 is 17.8 Å². The summed E-state index contributed by atoms with van der Waals surface area (Å²) in [5.74, 6) is -6.30. The minimum absolute atomic E-state index is 0.118. The first-order chi connectivity index (χ1) is 10.4. The number of nitrogens with one attached hydrogen (secondary N) is 1. The van der Waals surface area contributed by atoms with Crippen molar-refractivity contribution in [3.05, 3.63) is 35.9 Å². The second-order valence-corrected chi connectivity index (χ2v) is 5.07. The van der Waals surface area contributed by atoms with Gasteiger partial charge in [0.05, 0.1) is 18.4 Å². The quantitative estimate of drug-likeness (QED) is 0.502. The highest BCUT2D eigenvalue weighted by Crippen LogP contribution is 2.48. The lowest BCUT2D eigenvalue weighted by molar-refractivity contribution is -0.143. The van der Waals surface area contributed by atoms with Gasteiger partial charge in [-0.25, -0.2) is 5.48 Å². The fourth-order valence-electron chi connectivity index (χ4n) is 2.43. The summed E-state index contributed by atoms with van der Waals surface area (Å²) in [5, 5.41) is 17.8. The summed E-state index contributed by atoms with van der Waals surface area (Å²) in [5.41, 5.74) is 8.39. The second kappa shape index (κ2) is 6.54. The van der Waals surface area contributed by atoms with E-state index in [9.17, 15) is 14.4 Å². The van der Waals surface area contributed by atoms with Crippen LogP contribution >= 0.6 is 0 Å². The molecule has 0 bridgehead atoms. The zero-order valence-electron chi connectivity index (χ0n) is 11.5. The zero-order chi connectivity index (χ0) is 16.3. The van der Waals surface area contributed by atoms with E-state index in [0.717, 1.165) is 5.56 Å². The monoisotopic (exact) mass is 308 g/mol. The molecule has 2 rings (SSSR count). The molecule has 1 aliphatic carbocycles. The molecular formula is C14H16N2O6. The van der Waals surface area contributed by atoms with Crippen LogP contribution in [-0.4, -0.2) is 34.1 Å². The van der Waals surface area contributed by atoms with Crippen molar-refractivity contribution in [2.75, 3.05) is 0 Å². The van der Waals surface area contributed by atoms with Gasteiger partial charge in [-0.05, 0) is 5.56 Å². The smallest absolute Gasteiger partial charge is 0.320 e. The molecular weight excluding hydrogens is 292 g/mol. The molecule has 1 aromatic rings. The number of aliphatic carboxylic acids is 2. The third kappa shape index (κ3) is 3.41. The summed E-state index contributed by atoms with van der Waals surface area (Å²) in [4.78, 5) is 38.8. The lowest BCUT2D eigenvalue weighted by atomic mass is 10.1. The van der Waals surface area contributed by atoms with Crippen molar-refractivity contribution < 1.29 is 29.4 Å². The Hall–Kier alpha value is -2.45. The number of carboxylic acid groups (broad SMARTS) is 2. The molecule has 1 amide bonds. The summed E-state index contributed by atoms with van der Waals surface area (Å²) >= 11 is 0. The standard InChI is InChI=1S/C14H16N2O6/c15-11(14(20)21)8-9(10(8)13(18)19)12(17)16-22-6-7-4-2-1-3-5-7/h1-5,8-11H,6,15H2,(H,16,17)(H,18,19)(H,20,21)/t8-,9+,10+,11-/m0/s1. The molecule has 0 spiro atoms. The number of amides is 1. The summed E-state index contributed by atoms with van der Waals surface area (Å²) in [6.45, 7) is 0.118. The summed E-state index contributed by atoms with van der Waals surface area (Å²) in [7, 11) is 0. The van der Waals surface area contributed by atoms with Gasteiger partial charge in [0.2, 0.25) is 5.91 Å². The molecule has 8 heteroatoms. The number of hydrogen-bond acceptors (Lipinski definition) is 5. The first-order valence-electron chi connectivity index (χ1n) is 6.60. The second-order valence-electron chi connectivity index (χ2n) is 5.07. The van der Waals surface area contributed by atoms with Crippen LogP contribution in [0.3, 0.4) is 0 Å². The number of carboxylic acids is 2. The van der Waals surface area contributed by atoms with Crippen LogP contribution in [0.5, 0.6) is 0 Å². The number of carbonyl (C=O) groups is 3. The van der Waals surface area contributed by atoms with Crippen LogP contribution < -0.4 is 11.2 Å². The lowest BCUT2D eigenvalue weighted by Gasteiger charge is -2.07. The molecule has 5 N–H and O–H groups in total. The van der Waals surface area contributed by atoms with Crippen LogP contribution in [0.25, 0.3) is 0 Å². The molecule has 0 saturated heterocycles. The number of benzene rings is 1. The van der Waals surface area contributed by atoms with Crippen molar-refractivity contribution in [3.63, 3.8) is 0 Å². The van der Waals surface area contributed by atoms with Gasteiger partial charge >= 0.3 is 11.9 Å². The van der Waals surface area contributed by atoms with Gasteiger partial charge in [-0.3, -0.25) is 19.2 Å². The first-order valence-corrected chi connectivity index (χ1v) is 6.60. The number of hydrogen-bond donors (Lipinski definition) is 4. The first kappa shape index (κ1) is 15.9. The van der Waals surface area contributed by atoms with Gasteiger partial charge in [-0.1, -0.05) is 30.3 Å². The minimum atomic E-state index is -1.40. The summed E-state index contributed by atoms with van der Waals surface area (Å²) < 4.78 is 0. The van der Waals surface area contributed by atoms with E-state index in [1.54, 1.807) is 12.1 Å². The number of rotatable bonds is 7. The molecule has 4 atom stereocenters. The zero-order valence-corrected chi connectivity index (χ0v) is 11.5. The third-order valence-corrected chi connectivity index (χ3v) is 3.62. The Labute approximate surface area is 125 Å². The largest absolute Gasteiger partial charge is 0.481 e. The van der Waals surface area contributed by atoms with Crippen LogP contribution in [0.2, 0.25) is 0 Å². The molecule has 8 nitrogen and oxygen atoms in total. The van der Waals surface area contributed by atoms with Gasteiger partial charge in [0.15, 0.2) is 0 Å². The Kier molecular flexibility index (Phi) is 4.74. The topological polar surface area (TPSA) is 139 Å². The average molecular weight is 308 g/mol. The van der Waals surface area contributed by atoms with Crippen molar-refractivity contribution in [2.45, 2.75) is 12.6 Å². The van der Waals surface area contributed by atoms with Crippen LogP contribution in [-0.2, 0) is 25.8 Å². The van der Waals surface area contributed by atoms with Crippen molar-refractivity contribution in [1.29, 1.82) is 0 Å². The predicted molar refractivity (Wildman–Crippen MR) is 73.1 cm³/mol. The van der Waals surface area contributed by atoms with Gasteiger partial charge in [0, 0.05) is 5.92 Å².